The van der Waals surface area contributed by atoms with Crippen LogP contribution in [0.5, 0.6) is 0 Å². The average Bonchev–Trinajstić information content (AvgIpc) is 2.79. The van der Waals surface area contributed by atoms with Gasteiger partial charge in [0, 0.05) is 18.3 Å². The Balaban J connectivity index is 1.82. The van der Waals surface area contributed by atoms with Gasteiger partial charge in [-0.25, -0.2) is 4.79 Å². The smallest absolute Gasteiger partial charge is 0.319 e. The molecule has 1 aliphatic heterocycles. The number of benzene rings is 1. The van der Waals surface area contributed by atoms with E-state index >= 15 is 0 Å². The molecule has 6 heteroatoms. The van der Waals surface area contributed by atoms with Crippen LogP contribution in [0.1, 0.15) is 59.7 Å². The number of nitrogens with one attached hydrogen (secondary N) is 2. The van der Waals surface area contributed by atoms with E-state index in [4.69, 9.17) is 0 Å². The number of urea groups is 1. The van der Waals surface area contributed by atoms with Crippen molar-refractivity contribution in [3.63, 3.8) is 0 Å². The highest BCUT2D eigenvalue weighted by atomic mass is 16.2. The van der Waals surface area contributed by atoms with Gasteiger partial charge in [-0.2, -0.15) is 0 Å². The first kappa shape index (κ1) is 15.5. The summed E-state index contributed by atoms with van der Waals surface area (Å²) >= 11 is 0. The molecule has 1 fully saturated rings. The van der Waals surface area contributed by atoms with Gasteiger partial charge in [0.25, 0.3) is 11.8 Å². The van der Waals surface area contributed by atoms with Crippen molar-refractivity contribution in [3.05, 3.63) is 29.3 Å². The molecule has 0 radical (unpaired) electrons. The fourth-order valence-electron chi connectivity index (χ4n) is 3.34. The Labute approximate surface area is 135 Å². The van der Waals surface area contributed by atoms with Crippen LogP contribution in [0.3, 0.4) is 0 Å². The average molecular weight is 315 g/mol. The van der Waals surface area contributed by atoms with Crippen molar-refractivity contribution in [2.75, 3.05) is 11.9 Å². The van der Waals surface area contributed by atoms with E-state index in [0.717, 1.165) is 25.7 Å². The first-order chi connectivity index (χ1) is 11.1. The van der Waals surface area contributed by atoms with Crippen molar-refractivity contribution in [1.29, 1.82) is 0 Å². The second-order valence-electron chi connectivity index (χ2n) is 6.02. The predicted octanol–water partition coefficient (Wildman–Crippen LogP) is 2.76. The number of carbonyl (C=O) groups is 3. The Morgan fingerprint density at radius 2 is 1.83 bits per heavy atom. The summed E-state index contributed by atoms with van der Waals surface area (Å²) in [6, 6.07) is 4.56. The zero-order chi connectivity index (χ0) is 16.4. The number of imide groups is 1. The molecule has 2 aliphatic rings. The molecule has 0 bridgehead atoms. The number of carbonyl (C=O) groups excluding carboxylic acids is 3. The van der Waals surface area contributed by atoms with Crippen molar-refractivity contribution in [2.24, 2.45) is 0 Å². The third-order valence-electron chi connectivity index (χ3n) is 4.45. The van der Waals surface area contributed by atoms with E-state index in [1.807, 2.05) is 6.92 Å². The van der Waals surface area contributed by atoms with E-state index in [2.05, 4.69) is 10.6 Å². The molecule has 0 saturated heterocycles. The number of hydrogen-bond donors (Lipinski definition) is 2. The van der Waals surface area contributed by atoms with Crippen molar-refractivity contribution in [1.82, 2.24) is 10.2 Å². The Morgan fingerprint density at radius 1 is 1.13 bits per heavy atom. The molecule has 4 amide bonds. The highest BCUT2D eigenvalue weighted by Crippen LogP contribution is 2.32. The molecule has 23 heavy (non-hydrogen) atoms. The van der Waals surface area contributed by atoms with E-state index in [9.17, 15) is 14.4 Å². The molecule has 0 atom stereocenters. The minimum atomic E-state index is -0.326. The maximum absolute atomic E-state index is 12.6. The zero-order valence-corrected chi connectivity index (χ0v) is 13.2. The number of anilines is 1. The van der Waals surface area contributed by atoms with Crippen LogP contribution in [-0.4, -0.2) is 35.3 Å². The normalized spacial score (nSPS) is 18.0. The Morgan fingerprint density at radius 3 is 2.52 bits per heavy atom. The quantitative estimate of drug-likeness (QED) is 0.842. The van der Waals surface area contributed by atoms with E-state index < -0.39 is 0 Å². The number of nitrogens with zero attached hydrogens (tertiary/aromatic N) is 1. The second kappa shape index (κ2) is 6.40. The molecule has 1 heterocycles. The van der Waals surface area contributed by atoms with Crippen molar-refractivity contribution in [2.45, 2.75) is 45.1 Å². The first-order valence-electron chi connectivity index (χ1n) is 8.18. The predicted molar refractivity (Wildman–Crippen MR) is 86.5 cm³/mol. The van der Waals surface area contributed by atoms with Gasteiger partial charge in [-0.15, -0.1) is 0 Å². The van der Waals surface area contributed by atoms with E-state index in [-0.39, 0.29) is 23.9 Å². The molecule has 0 unspecified atom stereocenters. The summed E-state index contributed by atoms with van der Waals surface area (Å²) < 4.78 is 0. The third-order valence-corrected chi connectivity index (χ3v) is 4.45. The Hall–Kier alpha value is -2.37. The largest absolute Gasteiger partial charge is 0.338 e. The summed E-state index contributed by atoms with van der Waals surface area (Å²) in [4.78, 5) is 38.2. The van der Waals surface area contributed by atoms with Crippen LogP contribution in [0.4, 0.5) is 10.5 Å². The van der Waals surface area contributed by atoms with Gasteiger partial charge in [-0.05, 0) is 38.0 Å². The van der Waals surface area contributed by atoms with Crippen LogP contribution < -0.4 is 10.6 Å². The van der Waals surface area contributed by atoms with Crippen molar-refractivity contribution >= 4 is 23.5 Å². The topological polar surface area (TPSA) is 78.5 Å². The summed E-state index contributed by atoms with van der Waals surface area (Å²) in [5.74, 6) is -0.446. The summed E-state index contributed by atoms with van der Waals surface area (Å²) in [5, 5.41) is 5.30. The summed E-state index contributed by atoms with van der Waals surface area (Å²) in [6.45, 7) is 2.34. The fourth-order valence-corrected chi connectivity index (χ4v) is 3.34. The standard InChI is InChI=1S/C17H21N3O3/c1-2-18-17(23)19-11-8-9-13-14(10-11)16(22)20(15(13)21)12-6-4-3-5-7-12/h8-10,12H,2-7H2,1H3,(H2,18,19,23). The van der Waals surface area contributed by atoms with Crippen LogP contribution in [0.25, 0.3) is 0 Å². The van der Waals surface area contributed by atoms with Crippen LogP contribution in [0, 0.1) is 0 Å². The number of hydrogen-bond acceptors (Lipinski definition) is 3. The number of rotatable bonds is 3. The highest BCUT2D eigenvalue weighted by molar-refractivity contribution is 6.22. The van der Waals surface area contributed by atoms with Crippen LogP contribution in [0.15, 0.2) is 18.2 Å². The lowest BCUT2D eigenvalue weighted by Crippen LogP contribution is -2.40. The number of amides is 4. The minimum Gasteiger partial charge on any atom is -0.338 e. The van der Waals surface area contributed by atoms with Gasteiger partial charge in [-0.3, -0.25) is 14.5 Å². The molecule has 1 aromatic carbocycles. The third kappa shape index (κ3) is 2.93. The van der Waals surface area contributed by atoms with Gasteiger partial charge >= 0.3 is 6.03 Å². The molecular weight excluding hydrogens is 294 g/mol. The van der Waals surface area contributed by atoms with Gasteiger partial charge in [0.15, 0.2) is 0 Å². The van der Waals surface area contributed by atoms with Gasteiger partial charge in [0.1, 0.15) is 0 Å². The molecule has 1 aromatic rings. The molecule has 1 saturated carbocycles. The highest BCUT2D eigenvalue weighted by Gasteiger charge is 2.40. The van der Waals surface area contributed by atoms with Crippen LogP contribution in [-0.2, 0) is 0 Å². The lowest BCUT2D eigenvalue weighted by Gasteiger charge is -2.29. The molecule has 2 N–H and O–H groups in total. The molecule has 122 valence electrons. The van der Waals surface area contributed by atoms with Crippen molar-refractivity contribution in [3.8, 4) is 0 Å². The van der Waals surface area contributed by atoms with Gasteiger partial charge in [-0.1, -0.05) is 19.3 Å². The molecule has 0 aromatic heterocycles. The summed E-state index contributed by atoms with van der Waals surface area (Å²) in [5.41, 5.74) is 1.33. The van der Waals surface area contributed by atoms with E-state index in [1.165, 1.54) is 11.3 Å². The summed E-state index contributed by atoms with van der Waals surface area (Å²) in [6.07, 6.45) is 5.05. The van der Waals surface area contributed by atoms with E-state index in [0.29, 0.717) is 23.4 Å². The summed E-state index contributed by atoms with van der Waals surface area (Å²) in [7, 11) is 0. The van der Waals surface area contributed by atoms with E-state index in [1.54, 1.807) is 18.2 Å². The maximum Gasteiger partial charge on any atom is 0.319 e. The van der Waals surface area contributed by atoms with Crippen molar-refractivity contribution < 1.29 is 14.4 Å². The zero-order valence-electron chi connectivity index (χ0n) is 13.2. The van der Waals surface area contributed by atoms with Crippen LogP contribution in [0.2, 0.25) is 0 Å². The molecular formula is C17H21N3O3. The SMILES string of the molecule is CCNC(=O)Nc1ccc2c(c1)C(=O)N(C1CCCCC1)C2=O. The molecule has 1 aliphatic carbocycles. The van der Waals surface area contributed by atoms with Gasteiger partial charge < -0.3 is 10.6 Å². The lowest BCUT2D eigenvalue weighted by atomic mass is 9.94. The van der Waals surface area contributed by atoms with Gasteiger partial charge in [0.2, 0.25) is 0 Å². The maximum atomic E-state index is 12.6. The van der Waals surface area contributed by atoms with Crippen LogP contribution >= 0.6 is 0 Å². The minimum absolute atomic E-state index is 0.0101. The second-order valence-corrected chi connectivity index (χ2v) is 6.02. The lowest BCUT2D eigenvalue weighted by molar-refractivity contribution is 0.0549. The Bertz CT molecular complexity index is 650. The molecule has 0 spiro atoms. The molecule has 6 nitrogen and oxygen atoms in total. The van der Waals surface area contributed by atoms with Gasteiger partial charge in [0.05, 0.1) is 11.1 Å². The number of fused-ring (bicyclic) bond motifs is 1. The monoisotopic (exact) mass is 315 g/mol. The Kier molecular flexibility index (Phi) is 4.32. The fraction of sp³-hybridized carbons (Fsp3) is 0.471. The first-order valence-corrected chi connectivity index (χ1v) is 8.18. The molecule has 3 rings (SSSR count).